The van der Waals surface area contributed by atoms with Crippen LogP contribution >= 0.6 is 19.2 Å². The zero-order valence-electron chi connectivity index (χ0n) is 18.0. The van der Waals surface area contributed by atoms with Crippen molar-refractivity contribution in [1.82, 2.24) is 19.7 Å². The van der Waals surface area contributed by atoms with E-state index in [-0.39, 0.29) is 17.0 Å². The molecule has 6 N–H and O–H groups in total. The van der Waals surface area contributed by atoms with Gasteiger partial charge in [-0.2, -0.15) is 15.1 Å². The van der Waals surface area contributed by atoms with Crippen LogP contribution in [-0.2, 0) is 19.1 Å². The van der Waals surface area contributed by atoms with Crippen LogP contribution in [0.15, 0.2) is 6.20 Å². The first-order chi connectivity index (χ1) is 16.3. The number of fused-ring (bicyclic) bond motifs is 1. The number of aliphatic hydroxyl groups excluding tert-OH is 3. The number of halogens is 2. The average molecular weight is 560 g/mol. The second-order valence-corrected chi connectivity index (χ2v) is 13.2. The van der Waals surface area contributed by atoms with Crippen molar-refractivity contribution in [3.05, 3.63) is 11.5 Å². The molecule has 0 bridgehead atoms. The number of anilines is 1. The van der Waals surface area contributed by atoms with Gasteiger partial charge in [0.15, 0.2) is 11.9 Å². The maximum Gasteiger partial charge on any atom is 0.380 e. The molecule has 2 aromatic heterocycles. The molecule has 0 radical (unpaired) electrons. The van der Waals surface area contributed by atoms with Crippen LogP contribution in [0.5, 0.6) is 0 Å². The molecular weight excluding hydrogens is 536 g/mol. The molecule has 1 saturated heterocycles. The highest BCUT2D eigenvalue weighted by Gasteiger charge is 2.60. The topological polar surface area (TPSA) is 217 Å². The zero-order chi connectivity index (χ0) is 25.8. The second kappa shape index (κ2) is 9.43. The van der Waals surface area contributed by atoms with Gasteiger partial charge in [-0.05, 0) is 24.4 Å². The third-order valence-corrected chi connectivity index (χ3v) is 10.8. The van der Waals surface area contributed by atoms with E-state index < -0.39 is 59.1 Å². The van der Waals surface area contributed by atoms with Gasteiger partial charge in [0.25, 0.3) is 0 Å². The van der Waals surface area contributed by atoms with Crippen molar-refractivity contribution < 1.29 is 47.2 Å². The number of sulfone groups is 1. The molecule has 0 aromatic carbocycles. The molecule has 18 heteroatoms. The van der Waals surface area contributed by atoms with Crippen molar-refractivity contribution in [2.24, 2.45) is 0 Å². The lowest BCUT2D eigenvalue weighted by atomic mass is 10.1. The minimum Gasteiger partial charge on any atom is -0.391 e. The van der Waals surface area contributed by atoms with Crippen molar-refractivity contribution in [1.29, 1.82) is 0 Å². The van der Waals surface area contributed by atoms with Crippen LogP contribution in [0, 0.1) is 0 Å². The molecule has 2 aliphatic rings. The first-order valence-corrected chi connectivity index (χ1v) is 14.2. The zero-order valence-corrected chi connectivity index (χ0v) is 20.4. The van der Waals surface area contributed by atoms with Gasteiger partial charge in [-0.1, -0.05) is 12.8 Å². The summed E-state index contributed by atoms with van der Waals surface area (Å²) in [6, 6.07) is 0.166. The largest absolute Gasteiger partial charge is 0.391 e. The maximum atomic E-state index is 14.7. The summed E-state index contributed by atoms with van der Waals surface area (Å²) in [5.41, 5.74) is 0.0932. The van der Waals surface area contributed by atoms with Crippen molar-refractivity contribution in [2.45, 2.75) is 61.0 Å². The maximum absolute atomic E-state index is 14.7. The number of ether oxygens (including phenoxy) is 1. The Labute approximate surface area is 203 Å². The van der Waals surface area contributed by atoms with Crippen LogP contribution in [0.3, 0.4) is 0 Å². The van der Waals surface area contributed by atoms with Gasteiger partial charge in [-0.15, -0.1) is 0 Å². The summed E-state index contributed by atoms with van der Waals surface area (Å²) in [5.74, 6) is -1.06. The lowest BCUT2D eigenvalue weighted by Crippen LogP contribution is -2.44. The second-order valence-electron chi connectivity index (χ2n) is 8.51. The first kappa shape index (κ1) is 26.6. The number of aromatic nitrogens is 4. The number of alkyl halides is 1. The number of nitrogens with zero attached hydrogens (tertiary/aromatic N) is 4. The molecule has 1 saturated carbocycles. The highest BCUT2D eigenvalue weighted by atomic mass is 35.5. The van der Waals surface area contributed by atoms with Crippen LogP contribution in [0.4, 0.5) is 10.2 Å². The van der Waals surface area contributed by atoms with Crippen molar-refractivity contribution in [2.75, 3.05) is 17.7 Å². The highest BCUT2D eigenvalue weighted by molar-refractivity contribution is 7.99. The molecule has 35 heavy (non-hydrogen) atoms. The van der Waals surface area contributed by atoms with Crippen LogP contribution in [-0.4, -0.2) is 94.7 Å². The molecule has 1 aliphatic carbocycles. The van der Waals surface area contributed by atoms with E-state index in [1.165, 1.54) is 6.20 Å². The predicted octanol–water partition coefficient (Wildman–Crippen LogP) is -0.339. The Morgan fingerprint density at radius 2 is 1.91 bits per heavy atom. The van der Waals surface area contributed by atoms with Gasteiger partial charge >= 0.3 is 12.3 Å². The van der Waals surface area contributed by atoms with E-state index in [9.17, 15) is 27.6 Å². The minimum atomic E-state index is -5.98. The summed E-state index contributed by atoms with van der Waals surface area (Å²) in [5, 5.41) is 37.6. The number of nitrogens with one attached hydrogen (secondary N) is 1. The normalized spacial score (nSPS) is 28.0. The van der Waals surface area contributed by atoms with E-state index in [0.29, 0.717) is 11.2 Å². The fourth-order valence-electron chi connectivity index (χ4n) is 4.24. The molecule has 3 heterocycles. The van der Waals surface area contributed by atoms with E-state index in [2.05, 4.69) is 20.4 Å². The standard InChI is InChI=1S/C17H24ClFN5O9PS/c18-16-22-13(21-8-3-1-2-4-8)9-5-20-24(14(9)23-16)15-12(27)11(26)10(33-15)6-35(31,32)17(19,7-25)34(28,29)30/h5,8,10-12,15,25-27H,1-4,6-7H2,(H,21,22,23)(H2,28,29,30)/t10-,11-,12-,15-,17?/m1/s1. The third kappa shape index (κ3) is 4.67. The quantitative estimate of drug-likeness (QED) is 0.180. The van der Waals surface area contributed by atoms with Gasteiger partial charge in [0.2, 0.25) is 15.1 Å². The molecule has 4 rings (SSSR count). The van der Waals surface area contributed by atoms with E-state index >= 15 is 0 Å². The van der Waals surface area contributed by atoms with E-state index in [4.69, 9.17) is 31.2 Å². The number of rotatable bonds is 8. The molecule has 1 unspecified atom stereocenters. The van der Waals surface area contributed by atoms with Gasteiger partial charge in [-0.3, -0.25) is 4.57 Å². The third-order valence-electron chi connectivity index (χ3n) is 6.19. The number of hydrogen-bond acceptors (Lipinski definition) is 11. The molecule has 0 amide bonds. The monoisotopic (exact) mass is 559 g/mol. The Morgan fingerprint density at radius 3 is 2.51 bits per heavy atom. The fourth-order valence-corrected chi connectivity index (χ4v) is 7.43. The smallest absolute Gasteiger partial charge is 0.380 e. The predicted molar refractivity (Wildman–Crippen MR) is 119 cm³/mol. The summed E-state index contributed by atoms with van der Waals surface area (Å²) in [4.78, 5) is 26.5. The summed E-state index contributed by atoms with van der Waals surface area (Å²) in [7, 11) is -11.4. The van der Waals surface area contributed by atoms with E-state index in [1.807, 2.05) is 0 Å². The van der Waals surface area contributed by atoms with E-state index in [0.717, 1.165) is 30.4 Å². The molecule has 1 aliphatic heterocycles. The minimum absolute atomic E-state index is 0.0932. The van der Waals surface area contributed by atoms with Gasteiger partial charge in [0.05, 0.1) is 17.3 Å². The SMILES string of the molecule is O=P(O)(O)C(F)(CO)S(=O)(=O)C[C@H]1O[C@@H](n2ncc3c(NC4CCCC4)nc(Cl)nc32)[C@H](O)[C@@H]1O. The molecule has 196 valence electrons. The summed E-state index contributed by atoms with van der Waals surface area (Å²) < 4.78 is 53.1. The van der Waals surface area contributed by atoms with Crippen molar-refractivity contribution in [3.8, 4) is 0 Å². The van der Waals surface area contributed by atoms with Crippen LogP contribution in [0.25, 0.3) is 11.0 Å². The summed E-state index contributed by atoms with van der Waals surface area (Å²) in [6.45, 7) is -2.02. The number of aliphatic hydroxyl groups is 3. The van der Waals surface area contributed by atoms with Crippen LogP contribution in [0.1, 0.15) is 31.9 Å². The Morgan fingerprint density at radius 1 is 1.26 bits per heavy atom. The lowest BCUT2D eigenvalue weighted by molar-refractivity contribution is -0.0366. The summed E-state index contributed by atoms with van der Waals surface area (Å²) >= 11 is 6.06. The average Bonchev–Trinajstić information content (AvgIpc) is 3.49. The highest BCUT2D eigenvalue weighted by Crippen LogP contribution is 2.55. The number of hydrogen-bond donors (Lipinski definition) is 6. The van der Waals surface area contributed by atoms with Crippen LogP contribution in [0.2, 0.25) is 5.28 Å². The van der Waals surface area contributed by atoms with Crippen molar-refractivity contribution in [3.63, 3.8) is 0 Å². The molecule has 2 aromatic rings. The first-order valence-electron chi connectivity index (χ1n) is 10.6. The fraction of sp³-hybridized carbons (Fsp3) is 0.706. The van der Waals surface area contributed by atoms with Crippen LogP contribution < -0.4 is 5.32 Å². The molecule has 5 atom stereocenters. The molecule has 2 fully saturated rings. The van der Waals surface area contributed by atoms with Gasteiger partial charge < -0.3 is 35.2 Å². The van der Waals surface area contributed by atoms with E-state index in [1.54, 1.807) is 0 Å². The molecule has 14 nitrogen and oxygen atoms in total. The molecule has 0 spiro atoms. The van der Waals surface area contributed by atoms with Gasteiger partial charge in [0, 0.05) is 6.04 Å². The van der Waals surface area contributed by atoms with Gasteiger partial charge in [-0.25, -0.2) is 17.5 Å². The lowest BCUT2D eigenvalue weighted by Gasteiger charge is -2.25. The van der Waals surface area contributed by atoms with Gasteiger partial charge in [0.1, 0.15) is 30.7 Å². The molecular formula is C17H24ClFN5O9PS. The van der Waals surface area contributed by atoms with Crippen molar-refractivity contribution >= 4 is 45.9 Å². The Balaban J connectivity index is 1.63. The Bertz CT molecular complexity index is 1260. The Hall–Kier alpha value is -1.49. The summed E-state index contributed by atoms with van der Waals surface area (Å²) in [6.07, 6.45) is -1.68. The Kier molecular flexibility index (Phi) is 7.16.